The molecule has 33 heavy (non-hydrogen) atoms. The number of ether oxygens (including phenoxy) is 2. The van der Waals surface area contributed by atoms with Gasteiger partial charge >= 0.3 is 18.0 Å². The van der Waals surface area contributed by atoms with E-state index in [9.17, 15) is 24.0 Å². The molecule has 3 heterocycles. The predicted octanol–water partition coefficient (Wildman–Crippen LogP) is 2.31. The number of urea groups is 1. The third-order valence-electron chi connectivity index (χ3n) is 4.63. The van der Waals surface area contributed by atoms with Crippen molar-refractivity contribution in [2.24, 2.45) is 0 Å². The van der Waals surface area contributed by atoms with Crippen LogP contribution in [0.25, 0.3) is 11.3 Å². The smallest absolute Gasteiger partial charge is 0.341 e. The van der Waals surface area contributed by atoms with Crippen LogP contribution >= 0.6 is 11.3 Å². The Bertz CT molecular complexity index is 1120. The van der Waals surface area contributed by atoms with E-state index in [0.717, 1.165) is 16.2 Å². The molecule has 1 aliphatic rings. The zero-order valence-electron chi connectivity index (χ0n) is 18.5. The number of amides is 4. The lowest BCUT2D eigenvalue weighted by atomic mass is 10.1. The normalized spacial score (nSPS) is 14.7. The Labute approximate surface area is 193 Å². The molecule has 3 rings (SSSR count). The van der Waals surface area contributed by atoms with Crippen molar-refractivity contribution < 1.29 is 37.9 Å². The summed E-state index contributed by atoms with van der Waals surface area (Å²) < 4.78 is 15.6. The first kappa shape index (κ1) is 24.0. The highest BCUT2D eigenvalue weighted by molar-refractivity contribution is 7.15. The summed E-state index contributed by atoms with van der Waals surface area (Å²) in [4.78, 5) is 61.6. The molecule has 1 fully saturated rings. The van der Waals surface area contributed by atoms with E-state index < -0.39 is 48.5 Å². The van der Waals surface area contributed by atoms with Gasteiger partial charge in [0.2, 0.25) is 0 Å². The van der Waals surface area contributed by atoms with E-state index in [1.807, 2.05) is 0 Å². The van der Waals surface area contributed by atoms with Gasteiger partial charge in [-0.2, -0.15) is 0 Å². The Morgan fingerprint density at radius 1 is 1.21 bits per heavy atom. The lowest BCUT2D eigenvalue weighted by Crippen LogP contribution is -2.41. The van der Waals surface area contributed by atoms with Crippen LogP contribution in [0.15, 0.2) is 21.9 Å². The summed E-state index contributed by atoms with van der Waals surface area (Å²) in [6, 6.07) is 2.72. The molecule has 4 amide bonds. The number of aryl methyl sites for hydroxylation is 1. The highest BCUT2D eigenvalue weighted by atomic mass is 32.1. The van der Waals surface area contributed by atoms with Crippen LogP contribution in [0.4, 0.5) is 9.80 Å². The van der Waals surface area contributed by atoms with Crippen molar-refractivity contribution in [1.29, 1.82) is 0 Å². The van der Waals surface area contributed by atoms with Crippen LogP contribution in [0.3, 0.4) is 0 Å². The maximum Gasteiger partial charge on any atom is 0.341 e. The van der Waals surface area contributed by atoms with Crippen molar-refractivity contribution >= 4 is 46.1 Å². The molecule has 2 N–H and O–H groups in total. The maximum absolute atomic E-state index is 12.5. The summed E-state index contributed by atoms with van der Waals surface area (Å²) in [5.41, 5.74) is -0.542. The minimum atomic E-state index is -1.12. The zero-order chi connectivity index (χ0) is 24.3. The summed E-state index contributed by atoms with van der Waals surface area (Å²) in [7, 11) is 0. The molecule has 0 bridgehead atoms. The molecule has 0 atom stereocenters. The fraction of sp³-hybridized carbons (Fsp3) is 0.381. The molecule has 11 nitrogen and oxygen atoms in total. The van der Waals surface area contributed by atoms with Gasteiger partial charge in [-0.1, -0.05) is 0 Å². The number of hydrogen-bond acceptors (Lipinski definition) is 9. The Morgan fingerprint density at radius 2 is 1.94 bits per heavy atom. The number of nitrogens with zero attached hydrogens (tertiary/aromatic N) is 1. The summed E-state index contributed by atoms with van der Waals surface area (Å²) in [5, 5.41) is 6.81. The van der Waals surface area contributed by atoms with Gasteiger partial charge in [0, 0.05) is 10.9 Å². The standard InChI is InChI=1S/C21H23N3O8S/c1-5-30-18(27)16-12(13-7-6-11(2)32-13)10-33-17(16)22-14(25)9-31-15(26)8-24-19(28)21(3,4)23-20(24)29/h6-7,10H,5,8-9H2,1-4H3,(H,22,25)(H,23,29). The molecule has 0 aliphatic carbocycles. The van der Waals surface area contributed by atoms with Crippen molar-refractivity contribution in [3.8, 4) is 11.3 Å². The summed E-state index contributed by atoms with van der Waals surface area (Å²) in [6.45, 7) is 5.26. The molecule has 0 radical (unpaired) electrons. The third-order valence-corrected chi connectivity index (χ3v) is 5.52. The van der Waals surface area contributed by atoms with Crippen molar-refractivity contribution in [3.63, 3.8) is 0 Å². The van der Waals surface area contributed by atoms with Crippen LogP contribution in [0, 0.1) is 6.92 Å². The molecule has 176 valence electrons. The molecule has 1 aliphatic heterocycles. The van der Waals surface area contributed by atoms with Crippen LogP contribution in [0.2, 0.25) is 0 Å². The number of rotatable bonds is 8. The molecule has 2 aromatic heterocycles. The Morgan fingerprint density at radius 3 is 2.52 bits per heavy atom. The van der Waals surface area contributed by atoms with Gasteiger partial charge < -0.3 is 24.5 Å². The number of imide groups is 1. The van der Waals surface area contributed by atoms with Crippen LogP contribution in [-0.2, 0) is 23.9 Å². The number of carbonyl (C=O) groups excluding carboxylic acids is 5. The van der Waals surface area contributed by atoms with Gasteiger partial charge in [-0.25, -0.2) is 9.59 Å². The number of carbonyl (C=O) groups is 5. The lowest BCUT2D eigenvalue weighted by Gasteiger charge is -2.15. The zero-order valence-corrected chi connectivity index (χ0v) is 19.3. The van der Waals surface area contributed by atoms with Crippen LogP contribution in [0.5, 0.6) is 0 Å². The monoisotopic (exact) mass is 477 g/mol. The van der Waals surface area contributed by atoms with Gasteiger partial charge in [-0.05, 0) is 39.8 Å². The number of hydrogen-bond donors (Lipinski definition) is 2. The van der Waals surface area contributed by atoms with E-state index in [2.05, 4.69) is 10.6 Å². The van der Waals surface area contributed by atoms with E-state index >= 15 is 0 Å². The Hall–Kier alpha value is -3.67. The molecule has 1 saturated heterocycles. The van der Waals surface area contributed by atoms with Crippen LogP contribution in [-0.4, -0.2) is 60.0 Å². The first-order valence-corrected chi connectivity index (χ1v) is 10.9. The molecular formula is C21H23N3O8S. The summed E-state index contributed by atoms with van der Waals surface area (Å²) in [6.07, 6.45) is 0. The summed E-state index contributed by atoms with van der Waals surface area (Å²) >= 11 is 1.08. The SMILES string of the molecule is CCOC(=O)c1c(-c2ccc(C)o2)csc1NC(=O)COC(=O)CN1C(=O)NC(C)(C)C1=O. The van der Waals surface area contributed by atoms with Gasteiger partial charge in [0.15, 0.2) is 6.61 Å². The Balaban J connectivity index is 1.65. The quantitative estimate of drug-likeness (QED) is 0.435. The number of esters is 2. The molecule has 0 spiro atoms. The largest absolute Gasteiger partial charge is 0.462 e. The minimum absolute atomic E-state index is 0.123. The van der Waals surface area contributed by atoms with Gasteiger partial charge in [0.05, 0.1) is 6.61 Å². The first-order valence-electron chi connectivity index (χ1n) is 9.98. The average molecular weight is 477 g/mol. The van der Waals surface area contributed by atoms with Gasteiger partial charge in [0.25, 0.3) is 11.8 Å². The summed E-state index contributed by atoms with van der Waals surface area (Å²) in [5.74, 6) is -1.78. The molecule has 0 saturated carbocycles. The predicted molar refractivity (Wildman–Crippen MR) is 117 cm³/mol. The topological polar surface area (TPSA) is 144 Å². The maximum atomic E-state index is 12.5. The third kappa shape index (κ3) is 5.22. The van der Waals surface area contributed by atoms with E-state index in [0.29, 0.717) is 17.1 Å². The fourth-order valence-electron chi connectivity index (χ4n) is 3.06. The first-order chi connectivity index (χ1) is 15.5. The highest BCUT2D eigenvalue weighted by Crippen LogP contribution is 2.37. The van der Waals surface area contributed by atoms with E-state index in [1.54, 1.807) is 31.4 Å². The molecule has 0 aromatic carbocycles. The molecule has 12 heteroatoms. The van der Waals surface area contributed by atoms with Crippen molar-refractivity contribution in [2.75, 3.05) is 25.1 Å². The fourth-order valence-corrected chi connectivity index (χ4v) is 4.02. The van der Waals surface area contributed by atoms with Crippen LogP contribution < -0.4 is 10.6 Å². The van der Waals surface area contributed by atoms with Gasteiger partial charge in [-0.3, -0.25) is 19.3 Å². The second-order valence-corrected chi connectivity index (χ2v) is 8.52. The minimum Gasteiger partial charge on any atom is -0.462 e. The van der Waals surface area contributed by atoms with Crippen molar-refractivity contribution in [1.82, 2.24) is 10.2 Å². The highest BCUT2D eigenvalue weighted by Gasteiger charge is 2.45. The van der Waals surface area contributed by atoms with E-state index in [1.165, 1.54) is 13.8 Å². The van der Waals surface area contributed by atoms with E-state index in [-0.39, 0.29) is 17.2 Å². The number of nitrogens with one attached hydrogen (secondary N) is 2. The van der Waals surface area contributed by atoms with E-state index in [4.69, 9.17) is 13.9 Å². The average Bonchev–Trinajstić information content (AvgIpc) is 3.39. The molecule has 2 aromatic rings. The van der Waals surface area contributed by atoms with Crippen molar-refractivity contribution in [2.45, 2.75) is 33.2 Å². The number of furan rings is 1. The lowest BCUT2D eigenvalue weighted by molar-refractivity contribution is -0.150. The van der Waals surface area contributed by atoms with Crippen LogP contribution in [0.1, 0.15) is 36.9 Å². The molecule has 0 unspecified atom stereocenters. The number of thiophene rings is 1. The van der Waals surface area contributed by atoms with Gasteiger partial charge in [-0.15, -0.1) is 11.3 Å². The molecular weight excluding hydrogens is 454 g/mol. The van der Waals surface area contributed by atoms with Crippen molar-refractivity contribution in [3.05, 3.63) is 28.8 Å². The second kappa shape index (κ2) is 9.45. The second-order valence-electron chi connectivity index (χ2n) is 7.64. The van der Waals surface area contributed by atoms with Gasteiger partial charge in [0.1, 0.15) is 34.2 Å². The number of anilines is 1. The Kier molecular flexibility index (Phi) is 6.86.